The van der Waals surface area contributed by atoms with Gasteiger partial charge in [-0.2, -0.15) is 0 Å². The van der Waals surface area contributed by atoms with Crippen molar-refractivity contribution in [2.75, 3.05) is 0 Å². The molecule has 0 radical (unpaired) electrons. The average Bonchev–Trinajstić information content (AvgIpc) is 2.02. The van der Waals surface area contributed by atoms with Crippen molar-refractivity contribution in [1.82, 2.24) is 5.32 Å². The van der Waals surface area contributed by atoms with Crippen LogP contribution < -0.4 is 5.32 Å². The molecule has 2 rings (SSSR count). The van der Waals surface area contributed by atoms with Gasteiger partial charge in [0.1, 0.15) is 5.78 Å². The van der Waals surface area contributed by atoms with Gasteiger partial charge >= 0.3 is 0 Å². The summed E-state index contributed by atoms with van der Waals surface area (Å²) in [6.45, 7) is 2.13. The van der Waals surface area contributed by atoms with Crippen LogP contribution in [0.5, 0.6) is 0 Å². The van der Waals surface area contributed by atoms with Crippen LogP contribution in [0.25, 0.3) is 0 Å². The van der Waals surface area contributed by atoms with Crippen molar-refractivity contribution in [2.24, 2.45) is 0 Å². The fourth-order valence-electron chi connectivity index (χ4n) is 2.97. The van der Waals surface area contributed by atoms with Gasteiger partial charge in [-0.3, -0.25) is 4.79 Å². The van der Waals surface area contributed by atoms with Gasteiger partial charge in [-0.05, 0) is 19.8 Å². The number of hydrogen-bond donors (Lipinski definition) is 1. The van der Waals surface area contributed by atoms with E-state index in [2.05, 4.69) is 12.2 Å². The first kappa shape index (κ1) is 9.20. The van der Waals surface area contributed by atoms with E-state index in [0.717, 1.165) is 12.8 Å². The van der Waals surface area contributed by atoms with E-state index in [1.54, 1.807) is 0 Å². The number of carbonyl (C=O) groups excluding carboxylic acids is 1. The smallest absolute Gasteiger partial charge is 0.136 e. The van der Waals surface area contributed by atoms with Crippen LogP contribution in [-0.2, 0) is 4.79 Å². The lowest BCUT2D eigenvalue weighted by atomic mass is 9.75. The summed E-state index contributed by atoms with van der Waals surface area (Å²) in [5, 5.41) is 3.64. The molecule has 0 amide bonds. The molecular formula is C11H19NO. The molecule has 2 heteroatoms. The second kappa shape index (κ2) is 3.41. The summed E-state index contributed by atoms with van der Waals surface area (Å²) >= 11 is 0. The normalized spacial score (nSPS) is 33.6. The molecule has 0 aromatic carbocycles. The second-order valence-corrected chi connectivity index (χ2v) is 4.81. The lowest BCUT2D eigenvalue weighted by molar-refractivity contribution is -0.123. The molecule has 0 aromatic heterocycles. The first-order chi connectivity index (χ1) is 6.20. The summed E-state index contributed by atoms with van der Waals surface area (Å²) in [5.74, 6) is 0.466. The number of hydrogen-bond acceptors (Lipinski definition) is 2. The Bertz CT molecular complexity index is 206. The Morgan fingerprint density at radius 2 is 2.00 bits per heavy atom. The molecule has 1 aliphatic heterocycles. The molecule has 1 heterocycles. The second-order valence-electron chi connectivity index (χ2n) is 4.81. The molecule has 74 valence electrons. The molecule has 1 saturated heterocycles. The Kier molecular flexibility index (Phi) is 2.41. The zero-order valence-corrected chi connectivity index (χ0v) is 8.44. The molecule has 13 heavy (non-hydrogen) atoms. The zero-order chi connectivity index (χ0) is 9.31. The van der Waals surface area contributed by atoms with E-state index in [9.17, 15) is 4.79 Å². The van der Waals surface area contributed by atoms with E-state index < -0.39 is 0 Å². The summed E-state index contributed by atoms with van der Waals surface area (Å²) in [6, 6.07) is 0.402. The third-order valence-corrected chi connectivity index (χ3v) is 3.43. The highest BCUT2D eigenvalue weighted by Gasteiger charge is 2.38. The van der Waals surface area contributed by atoms with Crippen molar-refractivity contribution in [3.63, 3.8) is 0 Å². The molecule has 0 bridgehead atoms. The fourth-order valence-corrected chi connectivity index (χ4v) is 2.97. The van der Waals surface area contributed by atoms with E-state index in [1.807, 2.05) is 0 Å². The molecule has 1 spiro atoms. The lowest BCUT2D eigenvalue weighted by Gasteiger charge is -2.43. The van der Waals surface area contributed by atoms with Gasteiger partial charge in [0.05, 0.1) is 0 Å². The zero-order valence-electron chi connectivity index (χ0n) is 8.44. The van der Waals surface area contributed by atoms with Crippen molar-refractivity contribution >= 4 is 5.78 Å². The topological polar surface area (TPSA) is 29.1 Å². The molecule has 0 aromatic rings. The minimum atomic E-state index is 0.201. The standard InChI is InChI=1S/C11H19NO/c1-9-7-10(13)8-11(12-9)5-3-2-4-6-11/h9,12H,2-8H2,1H3. The number of piperidine rings is 1. The SMILES string of the molecule is CC1CC(=O)CC2(CCCCC2)N1. The van der Waals surface area contributed by atoms with E-state index in [0.29, 0.717) is 11.8 Å². The minimum absolute atomic E-state index is 0.201. The lowest BCUT2D eigenvalue weighted by Crippen LogP contribution is -2.56. The fraction of sp³-hybridized carbons (Fsp3) is 0.909. The summed E-state index contributed by atoms with van der Waals surface area (Å²) < 4.78 is 0. The number of Topliss-reactive ketones (excluding diaryl/α,β-unsaturated/α-hetero) is 1. The molecule has 1 unspecified atom stereocenters. The first-order valence-corrected chi connectivity index (χ1v) is 5.50. The van der Waals surface area contributed by atoms with Crippen molar-refractivity contribution in [3.05, 3.63) is 0 Å². The van der Waals surface area contributed by atoms with Crippen LogP contribution in [-0.4, -0.2) is 17.4 Å². The molecule has 1 saturated carbocycles. The van der Waals surface area contributed by atoms with E-state index in [-0.39, 0.29) is 5.54 Å². The van der Waals surface area contributed by atoms with Gasteiger partial charge in [-0.25, -0.2) is 0 Å². The summed E-state index contributed by atoms with van der Waals surface area (Å²) in [7, 11) is 0. The van der Waals surface area contributed by atoms with Crippen LogP contribution in [0.3, 0.4) is 0 Å². The van der Waals surface area contributed by atoms with Crippen LogP contribution in [0.4, 0.5) is 0 Å². The average molecular weight is 181 g/mol. The van der Waals surface area contributed by atoms with Gasteiger partial charge in [-0.15, -0.1) is 0 Å². The largest absolute Gasteiger partial charge is 0.308 e. The predicted molar refractivity (Wildman–Crippen MR) is 52.7 cm³/mol. The van der Waals surface area contributed by atoms with Gasteiger partial charge in [0.25, 0.3) is 0 Å². The minimum Gasteiger partial charge on any atom is -0.308 e. The highest BCUT2D eigenvalue weighted by Crippen LogP contribution is 2.34. The van der Waals surface area contributed by atoms with Gasteiger partial charge in [0, 0.05) is 24.4 Å². The Morgan fingerprint density at radius 3 is 2.62 bits per heavy atom. The molecule has 2 nitrogen and oxygen atoms in total. The molecule has 1 aliphatic carbocycles. The van der Waals surface area contributed by atoms with Crippen molar-refractivity contribution < 1.29 is 4.79 Å². The molecule has 1 atom stereocenters. The quantitative estimate of drug-likeness (QED) is 0.619. The van der Waals surface area contributed by atoms with E-state index >= 15 is 0 Å². The van der Waals surface area contributed by atoms with Crippen LogP contribution >= 0.6 is 0 Å². The van der Waals surface area contributed by atoms with Gasteiger partial charge < -0.3 is 5.32 Å². The molecule has 2 aliphatic rings. The Hall–Kier alpha value is -0.370. The molecule has 1 N–H and O–H groups in total. The maximum Gasteiger partial charge on any atom is 0.136 e. The first-order valence-electron chi connectivity index (χ1n) is 5.50. The molecule has 2 fully saturated rings. The number of carbonyl (C=O) groups is 1. The van der Waals surface area contributed by atoms with E-state index in [1.165, 1.54) is 32.1 Å². The van der Waals surface area contributed by atoms with E-state index in [4.69, 9.17) is 0 Å². The number of nitrogens with one attached hydrogen (secondary N) is 1. The van der Waals surface area contributed by atoms with Gasteiger partial charge in [0.2, 0.25) is 0 Å². The van der Waals surface area contributed by atoms with Gasteiger partial charge in [0.15, 0.2) is 0 Å². The number of rotatable bonds is 0. The maximum absolute atomic E-state index is 11.5. The van der Waals surface area contributed by atoms with Crippen LogP contribution in [0, 0.1) is 0 Å². The summed E-state index contributed by atoms with van der Waals surface area (Å²) in [5.41, 5.74) is 0.201. The summed E-state index contributed by atoms with van der Waals surface area (Å²) in [4.78, 5) is 11.5. The Labute approximate surface area is 80.1 Å². The third-order valence-electron chi connectivity index (χ3n) is 3.43. The Balaban J connectivity index is 2.06. The number of ketones is 1. The third kappa shape index (κ3) is 1.93. The predicted octanol–water partition coefficient (Wildman–Crippen LogP) is 2.03. The monoisotopic (exact) mass is 181 g/mol. The van der Waals surface area contributed by atoms with Gasteiger partial charge in [-0.1, -0.05) is 19.3 Å². The van der Waals surface area contributed by atoms with Crippen molar-refractivity contribution in [3.8, 4) is 0 Å². The summed E-state index contributed by atoms with van der Waals surface area (Å²) in [6.07, 6.45) is 7.90. The van der Waals surface area contributed by atoms with Crippen molar-refractivity contribution in [1.29, 1.82) is 0 Å². The molecular weight excluding hydrogens is 162 g/mol. The highest BCUT2D eigenvalue weighted by atomic mass is 16.1. The maximum atomic E-state index is 11.5. The van der Waals surface area contributed by atoms with Crippen LogP contribution in [0.1, 0.15) is 51.9 Å². The Morgan fingerprint density at radius 1 is 1.31 bits per heavy atom. The van der Waals surface area contributed by atoms with Crippen LogP contribution in [0.15, 0.2) is 0 Å². The van der Waals surface area contributed by atoms with Crippen LogP contribution in [0.2, 0.25) is 0 Å². The highest BCUT2D eigenvalue weighted by molar-refractivity contribution is 5.81. The van der Waals surface area contributed by atoms with Crippen molar-refractivity contribution in [2.45, 2.75) is 63.5 Å².